The van der Waals surface area contributed by atoms with E-state index in [9.17, 15) is 5.26 Å². The van der Waals surface area contributed by atoms with Crippen molar-refractivity contribution < 1.29 is 0 Å². The molecule has 1 saturated heterocycles. The Bertz CT molecular complexity index is 2060. The van der Waals surface area contributed by atoms with E-state index in [0.29, 0.717) is 17.3 Å². The van der Waals surface area contributed by atoms with Crippen LogP contribution in [0.4, 0.5) is 11.6 Å². The molecule has 0 bridgehead atoms. The zero-order chi connectivity index (χ0) is 30.4. The molecule has 45 heavy (non-hydrogen) atoms. The van der Waals surface area contributed by atoms with Crippen molar-refractivity contribution in [1.29, 1.82) is 5.26 Å². The monoisotopic (exact) mass is 590 g/mol. The van der Waals surface area contributed by atoms with E-state index in [1.54, 1.807) is 12.3 Å². The molecule has 1 saturated carbocycles. The molecule has 6 aromatic rings. The van der Waals surface area contributed by atoms with Gasteiger partial charge in [-0.15, -0.1) is 0 Å². The highest BCUT2D eigenvalue weighted by Crippen LogP contribution is 2.46. The summed E-state index contributed by atoms with van der Waals surface area (Å²) in [5.74, 6) is 1.98. The van der Waals surface area contributed by atoms with Crippen LogP contribution in [0.1, 0.15) is 24.1 Å². The third-order valence-corrected chi connectivity index (χ3v) is 8.86. The first-order valence-corrected chi connectivity index (χ1v) is 15.1. The maximum atomic E-state index is 9.31. The molecule has 4 aromatic heterocycles. The van der Waals surface area contributed by atoms with Crippen LogP contribution in [0.3, 0.4) is 0 Å². The molecule has 0 unspecified atom stereocenters. The average Bonchev–Trinajstić information content (AvgIpc) is 3.74. The minimum absolute atomic E-state index is 0.0790. The summed E-state index contributed by atoms with van der Waals surface area (Å²) in [6.07, 6.45) is 5.43. The fourth-order valence-corrected chi connectivity index (χ4v) is 6.45. The number of benzene rings is 2. The van der Waals surface area contributed by atoms with Gasteiger partial charge in [0.1, 0.15) is 35.2 Å². The van der Waals surface area contributed by atoms with Crippen LogP contribution in [0.25, 0.3) is 39.5 Å². The molecule has 2 fully saturated rings. The van der Waals surface area contributed by atoms with E-state index in [4.69, 9.17) is 15.7 Å². The molecule has 0 amide bonds. The van der Waals surface area contributed by atoms with Gasteiger partial charge in [0.25, 0.3) is 0 Å². The molecule has 1 aliphatic carbocycles. The molecule has 1 spiro atoms. The molecule has 220 valence electrons. The fraction of sp³-hybridized carbons (Fsp3) is 0.200. The Morgan fingerprint density at radius 1 is 0.867 bits per heavy atom. The predicted molar refractivity (Wildman–Crippen MR) is 173 cm³/mol. The first kappa shape index (κ1) is 26.9. The second-order valence-electron chi connectivity index (χ2n) is 11.7. The standard InChI is InChI=1S/C35H30N10/c36-20-26-19-31(40-23-39-26)44-18-17-43(22-35(44)14-15-35)21-24-8-10-27(11-9-24)45-33(28-7-4-16-38-32(28)37)42-30-13-12-29(41-34(30)45)25-5-2-1-3-6-25/h1-13,16,19,23H,14-15,17-18,21-22H2,(H2,37,38). The Balaban J connectivity index is 1.09. The number of aromatic nitrogens is 6. The normalized spacial score (nSPS) is 15.8. The lowest BCUT2D eigenvalue weighted by molar-refractivity contribution is 0.205. The SMILES string of the molecule is N#Cc1cc(N2CCN(Cc3ccc(-n4c(-c5cccnc5N)nc5ccc(-c6ccccc6)nc54)cc3)CC23CC3)ncn1. The van der Waals surface area contributed by atoms with Gasteiger partial charge in [-0.1, -0.05) is 42.5 Å². The van der Waals surface area contributed by atoms with E-state index in [0.717, 1.165) is 78.5 Å². The predicted octanol–water partition coefficient (Wildman–Crippen LogP) is 5.25. The lowest BCUT2D eigenvalue weighted by Crippen LogP contribution is -2.55. The van der Waals surface area contributed by atoms with Gasteiger partial charge in [0.2, 0.25) is 0 Å². The Hall–Kier alpha value is -5.66. The summed E-state index contributed by atoms with van der Waals surface area (Å²) in [6, 6.07) is 30.6. The minimum atomic E-state index is 0.0790. The van der Waals surface area contributed by atoms with Gasteiger partial charge in [0, 0.05) is 49.7 Å². The third kappa shape index (κ3) is 4.93. The second-order valence-corrected chi connectivity index (χ2v) is 11.7. The Morgan fingerprint density at radius 3 is 2.49 bits per heavy atom. The number of pyridine rings is 2. The van der Waals surface area contributed by atoms with Crippen molar-refractivity contribution in [2.45, 2.75) is 24.9 Å². The topological polar surface area (TPSA) is 126 Å². The molecule has 10 nitrogen and oxygen atoms in total. The lowest BCUT2D eigenvalue weighted by Gasteiger charge is -2.43. The summed E-state index contributed by atoms with van der Waals surface area (Å²) >= 11 is 0. The molecule has 1 aliphatic heterocycles. The molecule has 8 rings (SSSR count). The summed E-state index contributed by atoms with van der Waals surface area (Å²) < 4.78 is 2.08. The summed E-state index contributed by atoms with van der Waals surface area (Å²) in [5, 5.41) is 9.31. The summed E-state index contributed by atoms with van der Waals surface area (Å²) in [4.78, 5) is 27.8. The van der Waals surface area contributed by atoms with E-state index >= 15 is 0 Å². The number of nitrogen functional groups attached to an aromatic ring is 1. The van der Waals surface area contributed by atoms with Crippen LogP contribution in [0, 0.1) is 11.3 Å². The number of hydrogen-bond acceptors (Lipinski definition) is 9. The van der Waals surface area contributed by atoms with Crippen molar-refractivity contribution in [2.75, 3.05) is 30.3 Å². The molecule has 2 aromatic carbocycles. The number of imidazole rings is 1. The second kappa shape index (κ2) is 10.8. The summed E-state index contributed by atoms with van der Waals surface area (Å²) in [6.45, 7) is 3.60. The molecule has 5 heterocycles. The fourth-order valence-electron chi connectivity index (χ4n) is 6.45. The number of rotatable bonds is 6. The van der Waals surface area contributed by atoms with Gasteiger partial charge in [-0.2, -0.15) is 5.26 Å². The average molecular weight is 591 g/mol. The molecule has 2 N–H and O–H groups in total. The maximum absolute atomic E-state index is 9.31. The highest BCUT2D eigenvalue weighted by Gasteiger charge is 2.51. The largest absolute Gasteiger partial charge is 0.383 e. The first-order chi connectivity index (χ1) is 22.1. The van der Waals surface area contributed by atoms with Crippen LogP contribution >= 0.6 is 0 Å². The van der Waals surface area contributed by atoms with Gasteiger partial charge in [-0.05, 0) is 54.8 Å². The Morgan fingerprint density at radius 2 is 1.71 bits per heavy atom. The van der Waals surface area contributed by atoms with E-state index in [1.165, 1.54) is 11.9 Å². The van der Waals surface area contributed by atoms with Crippen LogP contribution in [-0.2, 0) is 6.54 Å². The summed E-state index contributed by atoms with van der Waals surface area (Å²) in [7, 11) is 0. The van der Waals surface area contributed by atoms with Gasteiger partial charge < -0.3 is 10.6 Å². The highest BCUT2D eigenvalue weighted by atomic mass is 15.4. The number of nitriles is 1. The summed E-state index contributed by atoms with van der Waals surface area (Å²) in [5.41, 5.74) is 13.3. The quantitative estimate of drug-likeness (QED) is 0.277. The van der Waals surface area contributed by atoms with E-state index in [-0.39, 0.29) is 5.54 Å². The maximum Gasteiger partial charge on any atom is 0.165 e. The van der Waals surface area contributed by atoms with Crippen molar-refractivity contribution >= 4 is 22.8 Å². The Labute approximate surface area is 260 Å². The van der Waals surface area contributed by atoms with Gasteiger partial charge in [0.15, 0.2) is 11.5 Å². The number of piperazine rings is 1. The van der Waals surface area contributed by atoms with E-state index < -0.39 is 0 Å². The molecule has 0 radical (unpaired) electrons. The Kier molecular flexibility index (Phi) is 6.47. The first-order valence-electron chi connectivity index (χ1n) is 15.1. The van der Waals surface area contributed by atoms with Crippen molar-refractivity contribution in [3.8, 4) is 34.4 Å². The van der Waals surface area contributed by atoms with Crippen LogP contribution in [0.2, 0.25) is 0 Å². The van der Waals surface area contributed by atoms with Crippen LogP contribution in [-0.4, -0.2) is 59.6 Å². The zero-order valence-electron chi connectivity index (χ0n) is 24.6. The third-order valence-electron chi connectivity index (χ3n) is 8.86. The highest BCUT2D eigenvalue weighted by molar-refractivity contribution is 5.84. The number of nitrogens with two attached hydrogens (primary N) is 1. The van der Waals surface area contributed by atoms with Crippen molar-refractivity contribution in [3.05, 3.63) is 109 Å². The molecule has 2 aliphatic rings. The number of hydrogen-bond donors (Lipinski definition) is 1. The smallest absolute Gasteiger partial charge is 0.165 e. The lowest BCUT2D eigenvalue weighted by atomic mass is 10.1. The van der Waals surface area contributed by atoms with Crippen molar-refractivity contribution in [1.82, 2.24) is 34.4 Å². The number of anilines is 2. The van der Waals surface area contributed by atoms with Gasteiger partial charge in [0.05, 0.1) is 16.8 Å². The molecular weight excluding hydrogens is 560 g/mol. The minimum Gasteiger partial charge on any atom is -0.383 e. The molecule has 0 atom stereocenters. The number of nitrogens with zero attached hydrogens (tertiary/aromatic N) is 9. The van der Waals surface area contributed by atoms with Gasteiger partial charge >= 0.3 is 0 Å². The molecular formula is C35H30N10. The van der Waals surface area contributed by atoms with Gasteiger partial charge in [-0.25, -0.2) is 24.9 Å². The van der Waals surface area contributed by atoms with E-state index in [2.05, 4.69) is 71.8 Å². The van der Waals surface area contributed by atoms with Crippen molar-refractivity contribution in [2.24, 2.45) is 0 Å². The zero-order valence-corrected chi connectivity index (χ0v) is 24.6. The van der Waals surface area contributed by atoms with Crippen LogP contribution < -0.4 is 10.6 Å². The van der Waals surface area contributed by atoms with Crippen LogP contribution in [0.5, 0.6) is 0 Å². The van der Waals surface area contributed by atoms with Crippen molar-refractivity contribution in [3.63, 3.8) is 0 Å². The van der Waals surface area contributed by atoms with E-state index in [1.807, 2.05) is 42.5 Å². The van der Waals surface area contributed by atoms with Gasteiger partial charge in [-0.3, -0.25) is 9.47 Å². The molecule has 10 heteroatoms. The van der Waals surface area contributed by atoms with Crippen LogP contribution in [0.15, 0.2) is 97.5 Å². The number of fused-ring (bicyclic) bond motifs is 1.